The molecule has 0 spiro atoms. The number of rotatable bonds is 6. The number of hydrogen-bond acceptors (Lipinski definition) is 3. The summed E-state index contributed by atoms with van der Waals surface area (Å²) in [6.07, 6.45) is 0.469. The third-order valence-electron chi connectivity index (χ3n) is 3.48. The SMILES string of the molecule is Cc1nn(-c2ccccc2)c(Cl)c1CN(C)CCC(C)O. The maximum absolute atomic E-state index is 9.36. The minimum Gasteiger partial charge on any atom is -0.393 e. The molecule has 0 radical (unpaired) electrons. The minimum absolute atomic E-state index is 0.281. The third-order valence-corrected chi connectivity index (χ3v) is 3.87. The first-order chi connectivity index (χ1) is 9.99. The van der Waals surface area contributed by atoms with Crippen LogP contribution < -0.4 is 0 Å². The third kappa shape index (κ3) is 4.06. The highest BCUT2D eigenvalue weighted by Crippen LogP contribution is 2.24. The second kappa shape index (κ2) is 7.07. The van der Waals surface area contributed by atoms with Gasteiger partial charge in [-0.1, -0.05) is 29.8 Å². The molecule has 1 aromatic heterocycles. The average molecular weight is 308 g/mol. The lowest BCUT2D eigenvalue weighted by Crippen LogP contribution is -2.22. The van der Waals surface area contributed by atoms with Gasteiger partial charge in [0.05, 0.1) is 17.5 Å². The number of aliphatic hydroxyl groups is 1. The fourth-order valence-electron chi connectivity index (χ4n) is 2.21. The van der Waals surface area contributed by atoms with E-state index in [0.717, 1.165) is 36.5 Å². The normalized spacial score (nSPS) is 12.9. The van der Waals surface area contributed by atoms with Crippen LogP contribution in [0.3, 0.4) is 0 Å². The Labute approximate surface area is 131 Å². The number of nitrogens with zero attached hydrogens (tertiary/aromatic N) is 3. The summed E-state index contributed by atoms with van der Waals surface area (Å²) < 4.78 is 1.77. The first kappa shape index (κ1) is 16.0. The molecule has 1 N–H and O–H groups in total. The van der Waals surface area contributed by atoms with Crippen molar-refractivity contribution in [1.82, 2.24) is 14.7 Å². The van der Waals surface area contributed by atoms with E-state index in [1.165, 1.54) is 0 Å². The number of aryl methyl sites for hydroxylation is 1. The molecule has 2 aromatic rings. The second-order valence-electron chi connectivity index (χ2n) is 5.48. The zero-order valence-corrected chi connectivity index (χ0v) is 13.5. The summed E-state index contributed by atoms with van der Waals surface area (Å²) in [5, 5.41) is 14.6. The molecule has 0 bridgehead atoms. The van der Waals surface area contributed by atoms with E-state index in [1.807, 2.05) is 44.3 Å². The van der Waals surface area contributed by atoms with Crippen LogP contribution in [0.4, 0.5) is 0 Å². The maximum Gasteiger partial charge on any atom is 0.137 e. The second-order valence-corrected chi connectivity index (χ2v) is 5.84. The number of aromatic nitrogens is 2. The predicted molar refractivity (Wildman–Crippen MR) is 85.9 cm³/mol. The molecule has 4 nitrogen and oxygen atoms in total. The van der Waals surface area contributed by atoms with Gasteiger partial charge in [0.1, 0.15) is 5.15 Å². The molecule has 1 atom stereocenters. The molecular formula is C16H22ClN3O. The molecule has 0 saturated heterocycles. The van der Waals surface area contributed by atoms with Gasteiger partial charge < -0.3 is 10.0 Å². The molecule has 0 aliphatic rings. The van der Waals surface area contributed by atoms with Gasteiger partial charge in [0.2, 0.25) is 0 Å². The van der Waals surface area contributed by atoms with Gasteiger partial charge in [0.15, 0.2) is 0 Å². The van der Waals surface area contributed by atoms with Gasteiger partial charge >= 0.3 is 0 Å². The van der Waals surface area contributed by atoms with Crippen molar-refractivity contribution in [3.8, 4) is 5.69 Å². The Morgan fingerprint density at radius 2 is 2.00 bits per heavy atom. The van der Waals surface area contributed by atoms with Crippen molar-refractivity contribution in [3.05, 3.63) is 46.7 Å². The van der Waals surface area contributed by atoms with E-state index in [0.29, 0.717) is 5.15 Å². The van der Waals surface area contributed by atoms with Crippen molar-refractivity contribution in [3.63, 3.8) is 0 Å². The Hall–Kier alpha value is -1.36. The summed E-state index contributed by atoms with van der Waals surface area (Å²) in [4.78, 5) is 2.15. The fraction of sp³-hybridized carbons (Fsp3) is 0.438. The van der Waals surface area contributed by atoms with E-state index in [4.69, 9.17) is 11.6 Å². The molecule has 5 heteroatoms. The van der Waals surface area contributed by atoms with Crippen molar-refractivity contribution >= 4 is 11.6 Å². The number of aliphatic hydroxyl groups excluding tert-OH is 1. The van der Waals surface area contributed by atoms with E-state index in [9.17, 15) is 5.11 Å². The monoisotopic (exact) mass is 307 g/mol. The van der Waals surface area contributed by atoms with Crippen molar-refractivity contribution < 1.29 is 5.11 Å². The Bertz CT molecular complexity index is 581. The first-order valence-electron chi connectivity index (χ1n) is 7.15. The smallest absolute Gasteiger partial charge is 0.137 e. The van der Waals surface area contributed by atoms with Gasteiger partial charge in [-0.15, -0.1) is 0 Å². The highest BCUT2D eigenvalue weighted by molar-refractivity contribution is 6.30. The van der Waals surface area contributed by atoms with Crippen molar-refractivity contribution in [2.24, 2.45) is 0 Å². The lowest BCUT2D eigenvalue weighted by molar-refractivity contribution is 0.163. The molecule has 0 fully saturated rings. The number of para-hydroxylation sites is 1. The minimum atomic E-state index is -0.281. The van der Waals surface area contributed by atoms with Gasteiger partial charge in [-0.05, 0) is 39.4 Å². The molecule has 0 saturated carbocycles. The molecule has 21 heavy (non-hydrogen) atoms. The number of halogens is 1. The molecule has 0 aliphatic heterocycles. The lowest BCUT2D eigenvalue weighted by Gasteiger charge is -2.17. The van der Waals surface area contributed by atoms with Crippen molar-refractivity contribution in [2.75, 3.05) is 13.6 Å². The Kier molecular flexibility index (Phi) is 5.39. The summed E-state index contributed by atoms with van der Waals surface area (Å²) in [5.41, 5.74) is 2.94. The van der Waals surface area contributed by atoms with Crippen LogP contribution >= 0.6 is 11.6 Å². The Balaban J connectivity index is 2.16. The van der Waals surface area contributed by atoms with Crippen LogP contribution in [0.15, 0.2) is 30.3 Å². The summed E-state index contributed by atoms with van der Waals surface area (Å²) in [6, 6.07) is 9.88. The summed E-state index contributed by atoms with van der Waals surface area (Å²) >= 11 is 6.50. The molecule has 1 heterocycles. The van der Waals surface area contributed by atoms with Crippen LogP contribution in [0.5, 0.6) is 0 Å². The highest BCUT2D eigenvalue weighted by atomic mass is 35.5. The maximum atomic E-state index is 9.36. The molecule has 1 aromatic carbocycles. The Morgan fingerprint density at radius 1 is 1.33 bits per heavy atom. The van der Waals surface area contributed by atoms with Gasteiger partial charge in [-0.2, -0.15) is 5.10 Å². The fourth-order valence-corrected chi connectivity index (χ4v) is 2.54. The van der Waals surface area contributed by atoms with Gasteiger partial charge in [0.25, 0.3) is 0 Å². The van der Waals surface area contributed by atoms with E-state index in [2.05, 4.69) is 10.00 Å². The molecule has 114 valence electrons. The van der Waals surface area contributed by atoms with Crippen LogP contribution in [-0.2, 0) is 6.54 Å². The van der Waals surface area contributed by atoms with Crippen molar-refractivity contribution in [2.45, 2.75) is 32.9 Å². The zero-order valence-electron chi connectivity index (χ0n) is 12.8. The van der Waals surface area contributed by atoms with E-state index >= 15 is 0 Å². The van der Waals surface area contributed by atoms with E-state index in [1.54, 1.807) is 11.6 Å². The van der Waals surface area contributed by atoms with Gasteiger partial charge in [0, 0.05) is 18.7 Å². The van der Waals surface area contributed by atoms with Crippen LogP contribution in [0, 0.1) is 6.92 Å². The Morgan fingerprint density at radius 3 is 2.62 bits per heavy atom. The summed E-state index contributed by atoms with van der Waals surface area (Å²) in [7, 11) is 2.03. The van der Waals surface area contributed by atoms with Crippen LogP contribution in [0.25, 0.3) is 5.69 Å². The average Bonchev–Trinajstić information content (AvgIpc) is 2.74. The molecule has 0 amide bonds. The summed E-state index contributed by atoms with van der Waals surface area (Å²) in [6.45, 7) is 5.33. The predicted octanol–water partition coefficient (Wildman–Crippen LogP) is 3.04. The van der Waals surface area contributed by atoms with E-state index in [-0.39, 0.29) is 6.10 Å². The molecule has 0 aliphatic carbocycles. The van der Waals surface area contributed by atoms with Crippen LogP contribution in [0.2, 0.25) is 5.15 Å². The van der Waals surface area contributed by atoms with Crippen molar-refractivity contribution in [1.29, 1.82) is 0 Å². The van der Waals surface area contributed by atoms with E-state index < -0.39 is 0 Å². The van der Waals surface area contributed by atoms with Crippen LogP contribution in [0.1, 0.15) is 24.6 Å². The molecule has 1 unspecified atom stereocenters. The lowest BCUT2D eigenvalue weighted by atomic mass is 10.2. The number of benzene rings is 1. The molecule has 2 rings (SSSR count). The summed E-state index contributed by atoms with van der Waals surface area (Å²) in [5.74, 6) is 0. The largest absolute Gasteiger partial charge is 0.393 e. The first-order valence-corrected chi connectivity index (χ1v) is 7.53. The zero-order chi connectivity index (χ0) is 15.4. The van der Waals surface area contributed by atoms with Crippen LogP contribution in [-0.4, -0.2) is 39.5 Å². The molecular weight excluding hydrogens is 286 g/mol. The quantitative estimate of drug-likeness (QED) is 0.892. The van der Waals surface area contributed by atoms with Gasteiger partial charge in [-0.3, -0.25) is 0 Å². The van der Waals surface area contributed by atoms with Gasteiger partial charge in [-0.25, -0.2) is 4.68 Å². The number of hydrogen-bond donors (Lipinski definition) is 1. The standard InChI is InChI=1S/C16H22ClN3O/c1-12(21)9-10-19(3)11-15-13(2)18-20(16(15)17)14-7-5-4-6-8-14/h4-8,12,21H,9-11H2,1-3H3. The highest BCUT2D eigenvalue weighted by Gasteiger charge is 2.16. The topological polar surface area (TPSA) is 41.3 Å².